The highest BCUT2D eigenvalue weighted by molar-refractivity contribution is 5.88. The number of carbonyl (C=O) groups excluding carboxylic acids is 1. The third kappa shape index (κ3) is 4.78. The maximum atomic E-state index is 13.7. The van der Waals surface area contributed by atoms with Crippen LogP contribution in [0.5, 0.6) is 11.5 Å². The van der Waals surface area contributed by atoms with Gasteiger partial charge in [-0.25, -0.2) is 0 Å². The molecule has 1 unspecified atom stereocenters. The summed E-state index contributed by atoms with van der Waals surface area (Å²) >= 11 is 0. The van der Waals surface area contributed by atoms with Crippen molar-refractivity contribution >= 4 is 22.8 Å². The second-order valence-corrected chi connectivity index (χ2v) is 10.8. The van der Waals surface area contributed by atoms with Gasteiger partial charge in [-0.05, 0) is 56.5 Å². The minimum absolute atomic E-state index is 0.138. The highest BCUT2D eigenvalue weighted by atomic mass is 16.7. The Labute approximate surface area is 216 Å². The molecule has 0 saturated carbocycles. The van der Waals surface area contributed by atoms with Crippen molar-refractivity contribution in [2.24, 2.45) is 0 Å². The molecule has 2 aliphatic rings. The zero-order valence-corrected chi connectivity index (χ0v) is 21.7. The van der Waals surface area contributed by atoms with E-state index in [1.165, 1.54) is 0 Å². The molecule has 3 heterocycles. The Bertz CT molecular complexity index is 1320. The number of hydrogen-bond donors (Lipinski definition) is 2. The van der Waals surface area contributed by atoms with Gasteiger partial charge in [0.25, 0.3) is 0 Å². The van der Waals surface area contributed by atoms with Crippen LogP contribution in [-0.2, 0) is 20.7 Å². The molecule has 196 valence electrons. The van der Waals surface area contributed by atoms with Crippen LogP contribution in [0.3, 0.4) is 0 Å². The van der Waals surface area contributed by atoms with Gasteiger partial charge < -0.3 is 24.3 Å². The summed E-state index contributed by atoms with van der Waals surface area (Å²) in [6.07, 6.45) is 2.41. The van der Waals surface area contributed by atoms with Gasteiger partial charge in [-0.3, -0.25) is 14.5 Å². The smallest absolute Gasteiger partial charge is 0.323 e. The molecular weight excluding hydrogens is 472 g/mol. The average molecular weight is 507 g/mol. The zero-order valence-electron chi connectivity index (χ0n) is 21.7. The topological polar surface area (TPSA) is 101 Å². The number of fused-ring (bicyclic) bond motifs is 4. The Morgan fingerprint density at radius 1 is 1.16 bits per heavy atom. The number of ether oxygens (including phenoxy) is 3. The first kappa shape index (κ1) is 25.1. The van der Waals surface area contributed by atoms with Crippen molar-refractivity contribution < 1.29 is 28.9 Å². The molecule has 8 nitrogen and oxygen atoms in total. The minimum atomic E-state index is -0.966. The summed E-state index contributed by atoms with van der Waals surface area (Å²) in [5, 5.41) is 11.5. The van der Waals surface area contributed by atoms with Crippen LogP contribution in [0.4, 0.5) is 0 Å². The highest BCUT2D eigenvalue weighted by Crippen LogP contribution is 2.45. The van der Waals surface area contributed by atoms with E-state index in [9.17, 15) is 14.7 Å². The molecule has 2 aromatic carbocycles. The third-order valence-electron chi connectivity index (χ3n) is 7.04. The Kier molecular flexibility index (Phi) is 6.62. The molecule has 1 aromatic heterocycles. The summed E-state index contributed by atoms with van der Waals surface area (Å²) in [5.41, 5.74) is 2.92. The number of aromatic nitrogens is 1. The molecule has 8 heteroatoms. The van der Waals surface area contributed by atoms with Crippen molar-refractivity contribution in [3.63, 3.8) is 0 Å². The highest BCUT2D eigenvalue weighted by Gasteiger charge is 2.47. The fraction of sp³-hybridized carbons (Fsp3) is 0.448. The van der Waals surface area contributed by atoms with E-state index in [-0.39, 0.29) is 13.2 Å². The SMILES string of the molecule is CCCCC(C(=O)OC(C)(C)C)N1[C@H](c2ccc3c(c2)OCO3)c2[nH]c3ccccc3c2C[C@@H]1C(=O)O. The monoisotopic (exact) mass is 506 g/mol. The Balaban J connectivity index is 1.71. The molecule has 0 spiro atoms. The Morgan fingerprint density at radius 2 is 1.92 bits per heavy atom. The number of nitrogens with zero attached hydrogens (tertiary/aromatic N) is 1. The van der Waals surface area contributed by atoms with Crippen LogP contribution in [0, 0.1) is 0 Å². The lowest BCUT2D eigenvalue weighted by molar-refractivity contribution is -0.166. The van der Waals surface area contributed by atoms with Gasteiger partial charge in [0.2, 0.25) is 6.79 Å². The van der Waals surface area contributed by atoms with Gasteiger partial charge >= 0.3 is 11.9 Å². The maximum Gasteiger partial charge on any atom is 0.323 e. The standard InChI is InChI=1S/C29H34N2O6/c1-5-6-11-21(28(34)37-29(2,3)4)31-22(27(32)33)15-19-18-9-7-8-10-20(18)30-25(19)26(31)17-12-13-23-24(14-17)36-16-35-23/h7-10,12-14,21-22,26,30H,5-6,11,15-16H2,1-4H3,(H,32,33)/t21?,22-,26-/m1/s1. The number of esters is 1. The van der Waals surface area contributed by atoms with E-state index in [1.807, 2.05) is 68.1 Å². The zero-order chi connectivity index (χ0) is 26.3. The van der Waals surface area contributed by atoms with E-state index < -0.39 is 35.7 Å². The summed E-state index contributed by atoms with van der Waals surface area (Å²) in [5.74, 6) is -0.119. The number of unbranched alkanes of at least 4 members (excludes halogenated alkanes) is 1. The predicted molar refractivity (Wildman–Crippen MR) is 139 cm³/mol. The largest absolute Gasteiger partial charge is 0.480 e. The number of benzene rings is 2. The number of aliphatic carboxylic acids is 1. The number of aromatic amines is 1. The molecule has 37 heavy (non-hydrogen) atoms. The first-order valence-electron chi connectivity index (χ1n) is 12.9. The first-order valence-corrected chi connectivity index (χ1v) is 12.9. The van der Waals surface area contributed by atoms with Gasteiger partial charge in [0.05, 0.1) is 6.04 Å². The maximum absolute atomic E-state index is 13.7. The fourth-order valence-electron chi connectivity index (χ4n) is 5.49. The lowest BCUT2D eigenvalue weighted by Gasteiger charge is -2.44. The number of carbonyl (C=O) groups is 2. The molecule has 0 fully saturated rings. The molecule has 2 aliphatic heterocycles. The number of hydrogen-bond acceptors (Lipinski definition) is 6. The van der Waals surface area contributed by atoms with Crippen LogP contribution in [-0.4, -0.2) is 51.4 Å². The third-order valence-corrected chi connectivity index (χ3v) is 7.04. The van der Waals surface area contributed by atoms with E-state index in [4.69, 9.17) is 14.2 Å². The minimum Gasteiger partial charge on any atom is -0.480 e. The van der Waals surface area contributed by atoms with E-state index >= 15 is 0 Å². The van der Waals surface area contributed by atoms with Gasteiger partial charge in [-0.2, -0.15) is 0 Å². The second kappa shape index (κ2) is 9.74. The van der Waals surface area contributed by atoms with Crippen molar-refractivity contribution in [1.29, 1.82) is 0 Å². The predicted octanol–water partition coefficient (Wildman–Crippen LogP) is 5.20. The van der Waals surface area contributed by atoms with Crippen LogP contribution in [0.15, 0.2) is 42.5 Å². The van der Waals surface area contributed by atoms with Crippen LogP contribution < -0.4 is 9.47 Å². The summed E-state index contributed by atoms with van der Waals surface area (Å²) in [6, 6.07) is 11.4. The molecule has 2 N–H and O–H groups in total. The number of carboxylic acid groups (broad SMARTS) is 1. The van der Waals surface area contributed by atoms with Crippen LogP contribution in [0.2, 0.25) is 0 Å². The molecule has 0 amide bonds. The molecule has 0 bridgehead atoms. The van der Waals surface area contributed by atoms with Crippen molar-refractivity contribution in [3.05, 3.63) is 59.3 Å². The van der Waals surface area contributed by atoms with Gasteiger partial charge in [-0.15, -0.1) is 0 Å². The van der Waals surface area contributed by atoms with E-state index in [1.54, 1.807) is 0 Å². The van der Waals surface area contributed by atoms with Crippen molar-refractivity contribution in [2.75, 3.05) is 6.79 Å². The molecular formula is C29H34N2O6. The fourth-order valence-corrected chi connectivity index (χ4v) is 5.49. The normalized spacial score (nSPS) is 20.0. The molecule has 0 aliphatic carbocycles. The summed E-state index contributed by atoms with van der Waals surface area (Å²) in [4.78, 5) is 31.9. The van der Waals surface area contributed by atoms with Crippen LogP contribution in [0.25, 0.3) is 10.9 Å². The molecule has 0 radical (unpaired) electrons. The molecule has 3 aromatic rings. The number of H-pyrrole nitrogens is 1. The first-order chi connectivity index (χ1) is 17.7. The van der Waals surface area contributed by atoms with E-state index in [0.29, 0.717) is 17.9 Å². The molecule has 3 atom stereocenters. The van der Waals surface area contributed by atoms with Gasteiger partial charge in [0.1, 0.15) is 17.7 Å². The number of carboxylic acids is 1. The molecule has 0 saturated heterocycles. The van der Waals surface area contributed by atoms with Gasteiger partial charge in [-0.1, -0.05) is 44.0 Å². The Morgan fingerprint density at radius 3 is 2.65 bits per heavy atom. The number of nitrogens with one attached hydrogen (secondary N) is 1. The van der Waals surface area contributed by atoms with Crippen molar-refractivity contribution in [2.45, 2.75) is 77.1 Å². The van der Waals surface area contributed by atoms with E-state index in [2.05, 4.69) is 11.9 Å². The number of rotatable bonds is 7. The summed E-state index contributed by atoms with van der Waals surface area (Å²) in [7, 11) is 0. The lowest BCUT2D eigenvalue weighted by atomic mass is 9.85. The average Bonchev–Trinajstić information content (AvgIpc) is 3.46. The van der Waals surface area contributed by atoms with Gasteiger partial charge in [0.15, 0.2) is 11.5 Å². The molecule has 5 rings (SSSR count). The van der Waals surface area contributed by atoms with Crippen LogP contribution >= 0.6 is 0 Å². The Hall–Kier alpha value is -3.52. The second-order valence-electron chi connectivity index (χ2n) is 10.8. The van der Waals surface area contributed by atoms with Gasteiger partial charge in [0, 0.05) is 23.0 Å². The van der Waals surface area contributed by atoms with Crippen molar-refractivity contribution in [3.8, 4) is 11.5 Å². The quantitative estimate of drug-likeness (QED) is 0.425. The van der Waals surface area contributed by atoms with Crippen LogP contribution in [0.1, 0.15) is 69.8 Å². The summed E-state index contributed by atoms with van der Waals surface area (Å²) < 4.78 is 17.0. The lowest BCUT2D eigenvalue weighted by Crippen LogP contribution is -2.56. The van der Waals surface area contributed by atoms with E-state index in [0.717, 1.165) is 40.6 Å². The summed E-state index contributed by atoms with van der Waals surface area (Å²) in [6.45, 7) is 7.69. The van der Waals surface area contributed by atoms with Crippen molar-refractivity contribution in [1.82, 2.24) is 9.88 Å². The number of para-hydroxylation sites is 1.